The molecule has 3 rings (SSSR count). The van der Waals surface area contributed by atoms with Crippen LogP contribution in [0, 0.1) is 6.92 Å². The van der Waals surface area contributed by atoms with Gasteiger partial charge in [0, 0.05) is 5.69 Å². The van der Waals surface area contributed by atoms with Crippen LogP contribution in [0.25, 0.3) is 5.69 Å². The second-order valence-electron chi connectivity index (χ2n) is 6.83. The first kappa shape index (κ1) is 19.4. The first-order chi connectivity index (χ1) is 13.4. The second kappa shape index (κ2) is 8.08. The van der Waals surface area contributed by atoms with Crippen molar-refractivity contribution in [2.24, 2.45) is 0 Å². The Morgan fingerprint density at radius 1 is 1.11 bits per heavy atom. The summed E-state index contributed by atoms with van der Waals surface area (Å²) in [5.74, 6) is 0.0896. The molecule has 0 spiro atoms. The number of carbonyl (C=O) groups excluding carboxylic acids is 1. The van der Waals surface area contributed by atoms with Gasteiger partial charge < -0.3 is 10.1 Å². The number of carbonyl (C=O) groups is 1. The van der Waals surface area contributed by atoms with E-state index in [-0.39, 0.29) is 17.0 Å². The molecule has 0 aliphatic carbocycles. The maximum absolute atomic E-state index is 12.8. The summed E-state index contributed by atoms with van der Waals surface area (Å²) in [6.07, 6.45) is 0. The van der Waals surface area contributed by atoms with E-state index >= 15 is 0 Å². The molecule has 0 bridgehead atoms. The van der Waals surface area contributed by atoms with Crippen molar-refractivity contribution >= 4 is 11.6 Å². The lowest BCUT2D eigenvalue weighted by Gasteiger charge is -2.13. The molecule has 1 heterocycles. The summed E-state index contributed by atoms with van der Waals surface area (Å²) in [5, 5.41) is 7.10. The molecule has 3 aromatic rings. The highest BCUT2D eigenvalue weighted by molar-refractivity contribution is 6.04. The minimum absolute atomic E-state index is 0.0401. The molecule has 1 amide bonds. The van der Waals surface area contributed by atoms with Crippen LogP contribution in [0.3, 0.4) is 0 Å². The fourth-order valence-electron chi connectivity index (χ4n) is 2.87. The number of rotatable bonds is 5. The number of nitrogens with zero attached hydrogens (tertiary/aromatic N) is 2. The molecule has 1 aromatic heterocycles. The number of methoxy groups -OCH3 is 1. The first-order valence-corrected chi connectivity index (χ1v) is 9.06. The quantitative estimate of drug-likeness (QED) is 0.731. The van der Waals surface area contributed by atoms with Crippen molar-refractivity contribution in [3.63, 3.8) is 0 Å². The van der Waals surface area contributed by atoms with Gasteiger partial charge in [0.2, 0.25) is 0 Å². The van der Waals surface area contributed by atoms with Gasteiger partial charge in [0.05, 0.1) is 18.9 Å². The van der Waals surface area contributed by atoms with Gasteiger partial charge >= 0.3 is 0 Å². The van der Waals surface area contributed by atoms with E-state index in [1.165, 1.54) is 23.4 Å². The monoisotopic (exact) mass is 377 g/mol. The van der Waals surface area contributed by atoms with Gasteiger partial charge in [-0.3, -0.25) is 9.59 Å². The van der Waals surface area contributed by atoms with Gasteiger partial charge in [-0.25, -0.2) is 0 Å². The zero-order chi connectivity index (χ0) is 20.3. The zero-order valence-corrected chi connectivity index (χ0v) is 16.4. The largest absolute Gasteiger partial charge is 0.494 e. The highest BCUT2D eigenvalue weighted by atomic mass is 16.5. The van der Waals surface area contributed by atoms with Crippen molar-refractivity contribution in [3.05, 3.63) is 81.8 Å². The number of hydrogen-bond donors (Lipinski definition) is 1. The van der Waals surface area contributed by atoms with Crippen molar-refractivity contribution in [1.82, 2.24) is 9.78 Å². The van der Waals surface area contributed by atoms with Crippen LogP contribution in [-0.2, 0) is 0 Å². The fraction of sp³-hybridized carbons (Fsp3) is 0.227. The van der Waals surface area contributed by atoms with E-state index in [1.54, 1.807) is 6.07 Å². The Morgan fingerprint density at radius 2 is 1.79 bits per heavy atom. The van der Waals surface area contributed by atoms with Gasteiger partial charge in [-0.15, -0.1) is 0 Å². The van der Waals surface area contributed by atoms with E-state index in [4.69, 9.17) is 4.74 Å². The normalized spacial score (nSPS) is 10.8. The third-order valence-electron chi connectivity index (χ3n) is 4.51. The number of anilines is 1. The van der Waals surface area contributed by atoms with Gasteiger partial charge in [0.1, 0.15) is 0 Å². The number of amides is 1. The van der Waals surface area contributed by atoms with E-state index in [1.807, 2.05) is 49.4 Å². The summed E-state index contributed by atoms with van der Waals surface area (Å²) < 4.78 is 6.44. The molecule has 1 N–H and O–H groups in total. The van der Waals surface area contributed by atoms with Crippen LogP contribution in [0.15, 0.2) is 59.4 Å². The molecule has 0 saturated heterocycles. The first-order valence-electron chi connectivity index (χ1n) is 9.06. The Labute approximate surface area is 163 Å². The van der Waals surface area contributed by atoms with Gasteiger partial charge in [0.25, 0.3) is 11.5 Å². The smallest absolute Gasteiger partial charge is 0.279 e. The molecule has 144 valence electrons. The average molecular weight is 377 g/mol. The molecule has 6 nitrogen and oxygen atoms in total. The molecule has 0 saturated carbocycles. The lowest BCUT2D eigenvalue weighted by Crippen LogP contribution is -2.26. The number of para-hydroxylation sites is 1. The second-order valence-corrected chi connectivity index (χ2v) is 6.83. The number of benzene rings is 2. The minimum atomic E-state index is -0.448. The highest BCUT2D eigenvalue weighted by Gasteiger charge is 2.19. The van der Waals surface area contributed by atoms with E-state index in [2.05, 4.69) is 24.3 Å². The average Bonchev–Trinajstić information content (AvgIpc) is 2.68. The van der Waals surface area contributed by atoms with Gasteiger partial charge in [-0.1, -0.05) is 44.2 Å². The molecule has 0 aliphatic heterocycles. The van der Waals surface area contributed by atoms with Crippen molar-refractivity contribution in [2.75, 3.05) is 12.4 Å². The maximum Gasteiger partial charge on any atom is 0.279 e. The van der Waals surface area contributed by atoms with Crippen LogP contribution in [0.4, 0.5) is 5.69 Å². The number of aryl methyl sites for hydroxylation is 1. The molecule has 0 aliphatic rings. The van der Waals surface area contributed by atoms with Crippen LogP contribution in [0.2, 0.25) is 0 Å². The predicted octanol–water partition coefficient (Wildman–Crippen LogP) is 3.93. The van der Waals surface area contributed by atoms with E-state index in [0.717, 1.165) is 5.56 Å². The lowest BCUT2D eigenvalue weighted by molar-refractivity contribution is 0.101. The highest BCUT2D eigenvalue weighted by Crippen LogP contribution is 2.20. The Balaban J connectivity index is 1.98. The van der Waals surface area contributed by atoms with Gasteiger partial charge in [0.15, 0.2) is 11.4 Å². The number of ether oxygens (including phenoxy) is 1. The SMILES string of the molecule is COc1cc(=O)n(-c2ccccc2C)nc1C(=O)Nc1ccc(C(C)C)cc1. The summed E-state index contributed by atoms with van der Waals surface area (Å²) in [6.45, 7) is 6.10. The Kier molecular flexibility index (Phi) is 5.59. The molecule has 0 unspecified atom stereocenters. The standard InChI is InChI=1S/C22H23N3O3/c1-14(2)16-9-11-17(12-10-16)23-22(27)21-19(28-4)13-20(26)25(24-21)18-8-6-5-7-15(18)3/h5-14H,1-4H3,(H,23,27). The van der Waals surface area contributed by atoms with E-state index in [9.17, 15) is 9.59 Å². The molecule has 28 heavy (non-hydrogen) atoms. The maximum atomic E-state index is 12.8. The Bertz CT molecular complexity index is 1050. The molecule has 0 fully saturated rings. The summed E-state index contributed by atoms with van der Waals surface area (Å²) in [7, 11) is 1.41. The van der Waals surface area contributed by atoms with Gasteiger partial charge in [-0.2, -0.15) is 9.78 Å². The summed E-state index contributed by atoms with van der Waals surface area (Å²) in [5.41, 5.74) is 2.99. The lowest BCUT2D eigenvalue weighted by atomic mass is 10.0. The Morgan fingerprint density at radius 3 is 2.39 bits per heavy atom. The van der Waals surface area contributed by atoms with Crippen molar-refractivity contribution < 1.29 is 9.53 Å². The predicted molar refractivity (Wildman–Crippen MR) is 110 cm³/mol. The molecule has 2 aromatic carbocycles. The molecular weight excluding hydrogens is 354 g/mol. The number of aromatic nitrogens is 2. The zero-order valence-electron chi connectivity index (χ0n) is 16.4. The number of nitrogens with one attached hydrogen (secondary N) is 1. The van der Waals surface area contributed by atoms with Crippen molar-refractivity contribution in [3.8, 4) is 11.4 Å². The summed E-state index contributed by atoms with van der Waals surface area (Å²) in [4.78, 5) is 25.3. The molecule has 6 heteroatoms. The molecule has 0 radical (unpaired) electrons. The number of hydrogen-bond acceptors (Lipinski definition) is 4. The third kappa shape index (κ3) is 3.96. The van der Waals surface area contributed by atoms with E-state index in [0.29, 0.717) is 17.3 Å². The van der Waals surface area contributed by atoms with Crippen molar-refractivity contribution in [2.45, 2.75) is 26.7 Å². The van der Waals surface area contributed by atoms with Crippen LogP contribution in [0.5, 0.6) is 5.75 Å². The van der Waals surface area contributed by atoms with Crippen LogP contribution in [-0.4, -0.2) is 22.8 Å². The third-order valence-corrected chi connectivity index (χ3v) is 4.51. The summed E-state index contributed by atoms with van der Waals surface area (Å²) in [6, 6.07) is 16.3. The fourth-order valence-corrected chi connectivity index (χ4v) is 2.87. The van der Waals surface area contributed by atoms with Crippen LogP contribution >= 0.6 is 0 Å². The molecule has 0 atom stereocenters. The van der Waals surface area contributed by atoms with E-state index < -0.39 is 5.91 Å². The van der Waals surface area contributed by atoms with Crippen LogP contribution < -0.4 is 15.6 Å². The Hall–Kier alpha value is -3.41. The van der Waals surface area contributed by atoms with Crippen LogP contribution in [0.1, 0.15) is 41.4 Å². The topological polar surface area (TPSA) is 73.2 Å². The van der Waals surface area contributed by atoms with Gasteiger partial charge in [-0.05, 0) is 42.2 Å². The van der Waals surface area contributed by atoms with Crippen molar-refractivity contribution in [1.29, 1.82) is 0 Å². The summed E-state index contributed by atoms with van der Waals surface area (Å²) >= 11 is 0. The minimum Gasteiger partial charge on any atom is -0.494 e. The molecular formula is C22H23N3O3.